The first-order chi connectivity index (χ1) is 13.1. The molecular formula is C20H25N3O3S. The number of carbonyl (C=O) groups excluding carboxylic acids is 3. The van der Waals surface area contributed by atoms with Crippen molar-refractivity contribution < 1.29 is 14.4 Å². The number of carbonyl (C=O) groups is 3. The van der Waals surface area contributed by atoms with Gasteiger partial charge in [-0.15, -0.1) is 11.8 Å². The van der Waals surface area contributed by atoms with Gasteiger partial charge in [-0.25, -0.2) is 0 Å². The van der Waals surface area contributed by atoms with Crippen LogP contribution in [0.4, 0.5) is 0 Å². The van der Waals surface area contributed by atoms with Crippen molar-refractivity contribution >= 4 is 29.5 Å². The molecule has 1 aromatic carbocycles. The lowest BCUT2D eigenvalue weighted by atomic mass is 9.95. The van der Waals surface area contributed by atoms with E-state index in [-0.39, 0.29) is 29.1 Å². The fourth-order valence-electron chi connectivity index (χ4n) is 4.19. The summed E-state index contributed by atoms with van der Waals surface area (Å²) in [6.45, 7) is 1.70. The number of hydrogen-bond acceptors (Lipinski definition) is 4. The Morgan fingerprint density at radius 1 is 1.19 bits per heavy atom. The van der Waals surface area contributed by atoms with Crippen LogP contribution in [0.3, 0.4) is 0 Å². The molecular weight excluding hydrogens is 362 g/mol. The Morgan fingerprint density at radius 2 is 1.93 bits per heavy atom. The summed E-state index contributed by atoms with van der Waals surface area (Å²) < 4.78 is 0. The van der Waals surface area contributed by atoms with Gasteiger partial charge in [-0.1, -0.05) is 37.5 Å². The molecule has 0 bridgehead atoms. The monoisotopic (exact) mass is 387 g/mol. The summed E-state index contributed by atoms with van der Waals surface area (Å²) in [7, 11) is 0. The molecule has 2 heterocycles. The lowest BCUT2D eigenvalue weighted by Gasteiger charge is -2.26. The summed E-state index contributed by atoms with van der Waals surface area (Å²) in [6, 6.07) is 6.59. The molecule has 3 aliphatic rings. The summed E-state index contributed by atoms with van der Waals surface area (Å²) in [5.74, 6) is 0.0547. The molecule has 1 unspecified atom stereocenters. The van der Waals surface area contributed by atoms with E-state index in [4.69, 9.17) is 0 Å². The molecule has 144 valence electrons. The van der Waals surface area contributed by atoms with Gasteiger partial charge in [0.15, 0.2) is 0 Å². The van der Waals surface area contributed by atoms with Crippen molar-refractivity contribution in [2.75, 3.05) is 5.75 Å². The molecule has 1 aliphatic carbocycles. The third kappa shape index (κ3) is 3.45. The highest BCUT2D eigenvalue weighted by Gasteiger charge is 2.48. The highest BCUT2D eigenvalue weighted by Crippen LogP contribution is 2.48. The third-order valence-electron chi connectivity index (χ3n) is 5.70. The Balaban J connectivity index is 1.37. The fourth-order valence-corrected chi connectivity index (χ4v) is 5.66. The van der Waals surface area contributed by atoms with Gasteiger partial charge in [-0.3, -0.25) is 14.4 Å². The number of nitrogens with one attached hydrogen (secondary N) is 2. The van der Waals surface area contributed by atoms with Crippen molar-refractivity contribution in [3.8, 4) is 0 Å². The van der Waals surface area contributed by atoms with E-state index in [1.807, 2.05) is 24.3 Å². The number of hydrogen-bond donors (Lipinski definition) is 2. The summed E-state index contributed by atoms with van der Waals surface area (Å²) in [5, 5.41) is 5.76. The Morgan fingerprint density at radius 3 is 2.70 bits per heavy atom. The first kappa shape index (κ1) is 18.3. The van der Waals surface area contributed by atoms with E-state index in [0.29, 0.717) is 11.3 Å². The van der Waals surface area contributed by atoms with Crippen molar-refractivity contribution in [3.63, 3.8) is 0 Å². The number of rotatable bonds is 4. The van der Waals surface area contributed by atoms with Gasteiger partial charge in [0.25, 0.3) is 5.91 Å². The van der Waals surface area contributed by atoms with E-state index in [2.05, 4.69) is 10.6 Å². The zero-order valence-corrected chi connectivity index (χ0v) is 16.3. The normalized spacial score (nSPS) is 25.7. The summed E-state index contributed by atoms with van der Waals surface area (Å²) in [5.41, 5.74) is 1.65. The van der Waals surface area contributed by atoms with E-state index in [0.717, 1.165) is 31.2 Å². The predicted molar refractivity (Wildman–Crippen MR) is 104 cm³/mol. The molecule has 1 aromatic rings. The highest BCUT2D eigenvalue weighted by molar-refractivity contribution is 7.99. The molecule has 7 heteroatoms. The minimum Gasteiger partial charge on any atom is -0.352 e. The molecule has 1 saturated carbocycles. The van der Waals surface area contributed by atoms with Crippen LogP contribution in [-0.2, 0) is 9.59 Å². The van der Waals surface area contributed by atoms with Gasteiger partial charge in [-0.05, 0) is 31.4 Å². The first-order valence-electron chi connectivity index (χ1n) is 9.70. The van der Waals surface area contributed by atoms with Gasteiger partial charge < -0.3 is 15.5 Å². The molecule has 3 amide bonds. The molecule has 0 spiro atoms. The molecule has 1 saturated heterocycles. The Labute approximate surface area is 163 Å². The minimum atomic E-state index is -0.608. The van der Waals surface area contributed by atoms with Crippen molar-refractivity contribution in [2.24, 2.45) is 0 Å². The first-order valence-corrected chi connectivity index (χ1v) is 10.7. The lowest BCUT2D eigenvalue weighted by Crippen LogP contribution is -2.53. The van der Waals surface area contributed by atoms with Gasteiger partial charge in [0.05, 0.1) is 0 Å². The van der Waals surface area contributed by atoms with Gasteiger partial charge in [0.1, 0.15) is 17.5 Å². The standard InChI is InChI=1S/C20H25N3O3S/c1-12(17(24)22-13-7-3-2-4-8-13)21-18(25)16-11-27-20-15-10-6-5-9-14(15)19(26)23(16)20/h5-6,9-10,12-13,16,20H,2-4,7-8,11H2,1H3,(H,21,25)(H,22,24)/t12-,16-,20?/m0/s1. The van der Waals surface area contributed by atoms with Crippen molar-refractivity contribution in [2.45, 2.75) is 62.5 Å². The SMILES string of the molecule is C[C@H](NC(=O)[C@@H]1CSC2c3ccccc3C(=O)N21)C(=O)NC1CCCCC1. The van der Waals surface area contributed by atoms with Crippen molar-refractivity contribution in [1.29, 1.82) is 0 Å². The Hall–Kier alpha value is -2.02. The summed E-state index contributed by atoms with van der Waals surface area (Å²) in [4.78, 5) is 39.6. The molecule has 4 rings (SSSR count). The smallest absolute Gasteiger partial charge is 0.256 e. The molecule has 6 nitrogen and oxygen atoms in total. The zero-order valence-electron chi connectivity index (χ0n) is 15.4. The van der Waals surface area contributed by atoms with Crippen LogP contribution in [0.15, 0.2) is 24.3 Å². The second-order valence-electron chi connectivity index (χ2n) is 7.57. The molecule has 3 atom stereocenters. The van der Waals surface area contributed by atoms with Crippen molar-refractivity contribution in [1.82, 2.24) is 15.5 Å². The molecule has 0 aromatic heterocycles. The average Bonchev–Trinajstić information content (AvgIpc) is 3.23. The van der Waals surface area contributed by atoms with Crippen LogP contribution in [0.25, 0.3) is 0 Å². The van der Waals surface area contributed by atoms with E-state index >= 15 is 0 Å². The van der Waals surface area contributed by atoms with Crippen LogP contribution in [0.2, 0.25) is 0 Å². The zero-order chi connectivity index (χ0) is 19.0. The Bertz CT molecular complexity index is 763. The molecule has 2 N–H and O–H groups in total. The van der Waals surface area contributed by atoms with Crippen LogP contribution in [0.5, 0.6) is 0 Å². The largest absolute Gasteiger partial charge is 0.352 e. The van der Waals surface area contributed by atoms with Crippen LogP contribution < -0.4 is 10.6 Å². The number of amides is 3. The van der Waals surface area contributed by atoms with Gasteiger partial charge in [-0.2, -0.15) is 0 Å². The summed E-state index contributed by atoms with van der Waals surface area (Å²) in [6.07, 6.45) is 5.53. The minimum absolute atomic E-state index is 0.0972. The highest BCUT2D eigenvalue weighted by atomic mass is 32.2. The van der Waals surface area contributed by atoms with Gasteiger partial charge >= 0.3 is 0 Å². The van der Waals surface area contributed by atoms with E-state index < -0.39 is 12.1 Å². The van der Waals surface area contributed by atoms with Crippen LogP contribution in [0, 0.1) is 0 Å². The van der Waals surface area contributed by atoms with E-state index in [1.165, 1.54) is 6.42 Å². The maximum Gasteiger partial charge on any atom is 0.256 e. The van der Waals surface area contributed by atoms with Gasteiger partial charge in [0, 0.05) is 17.4 Å². The molecule has 27 heavy (non-hydrogen) atoms. The quantitative estimate of drug-likeness (QED) is 0.830. The summed E-state index contributed by atoms with van der Waals surface area (Å²) >= 11 is 1.60. The predicted octanol–water partition coefficient (Wildman–Crippen LogP) is 2.21. The number of nitrogens with zero attached hydrogens (tertiary/aromatic N) is 1. The topological polar surface area (TPSA) is 78.5 Å². The number of thioether (sulfide) groups is 1. The fraction of sp³-hybridized carbons (Fsp3) is 0.550. The molecule has 2 fully saturated rings. The maximum atomic E-state index is 12.8. The van der Waals surface area contributed by atoms with Crippen molar-refractivity contribution in [3.05, 3.63) is 35.4 Å². The number of fused-ring (bicyclic) bond motifs is 3. The average molecular weight is 388 g/mol. The second kappa shape index (κ2) is 7.54. The van der Waals surface area contributed by atoms with Gasteiger partial charge in [0.2, 0.25) is 11.8 Å². The second-order valence-corrected chi connectivity index (χ2v) is 8.69. The van der Waals surface area contributed by atoms with Crippen LogP contribution in [-0.4, -0.2) is 46.5 Å². The van der Waals surface area contributed by atoms with Crippen LogP contribution >= 0.6 is 11.8 Å². The lowest BCUT2D eigenvalue weighted by molar-refractivity contribution is -0.131. The van der Waals surface area contributed by atoms with E-state index in [9.17, 15) is 14.4 Å². The molecule has 2 aliphatic heterocycles. The van der Waals surface area contributed by atoms with Crippen LogP contribution in [0.1, 0.15) is 60.3 Å². The maximum absolute atomic E-state index is 12.8. The van der Waals surface area contributed by atoms with E-state index in [1.54, 1.807) is 23.6 Å². The molecule has 0 radical (unpaired) electrons. The third-order valence-corrected chi connectivity index (χ3v) is 7.00. The number of benzene rings is 1. The Kier molecular flexibility index (Phi) is 5.12.